The number of hydrogen-bond acceptors (Lipinski definition) is 5. The fraction of sp³-hybridized carbons (Fsp3) is 0.412. The van der Waals surface area contributed by atoms with Crippen molar-refractivity contribution in [3.05, 3.63) is 42.0 Å². The van der Waals surface area contributed by atoms with Crippen molar-refractivity contribution in [2.45, 2.75) is 42.9 Å². The lowest BCUT2D eigenvalue weighted by Gasteiger charge is -2.27. The molecule has 1 saturated heterocycles. The molecule has 1 aromatic heterocycles. The number of H-pyrrole nitrogens is 1. The van der Waals surface area contributed by atoms with E-state index in [1.165, 1.54) is 0 Å². The van der Waals surface area contributed by atoms with Gasteiger partial charge in [0, 0.05) is 12.5 Å². The summed E-state index contributed by atoms with van der Waals surface area (Å²) >= 11 is 1.58. The lowest BCUT2D eigenvalue weighted by Crippen LogP contribution is -2.27. The van der Waals surface area contributed by atoms with Crippen LogP contribution in [0.5, 0.6) is 0 Å². The van der Waals surface area contributed by atoms with Crippen molar-refractivity contribution in [3.63, 3.8) is 0 Å². The number of anilines is 1. The first-order valence-electron chi connectivity index (χ1n) is 7.81. The van der Waals surface area contributed by atoms with E-state index in [1.807, 2.05) is 42.7 Å². The molecule has 122 valence electrons. The van der Waals surface area contributed by atoms with Crippen LogP contribution in [0.15, 0.2) is 41.4 Å². The number of carbonyl (C=O) groups excluding carboxylic acids is 1. The number of nitrogens with one attached hydrogen (secondary N) is 2. The van der Waals surface area contributed by atoms with Crippen LogP contribution in [-0.2, 0) is 15.1 Å². The lowest BCUT2D eigenvalue weighted by atomic mass is 9.85. The number of carbonyl (C=O) groups is 1. The van der Waals surface area contributed by atoms with Gasteiger partial charge in [-0.25, -0.2) is 4.79 Å². The Balaban J connectivity index is 1.81. The Labute approximate surface area is 140 Å². The number of thioether (sulfide) groups is 1. The molecule has 0 spiro atoms. The summed E-state index contributed by atoms with van der Waals surface area (Å²) in [5, 5.41) is 11.3. The maximum atomic E-state index is 12.4. The summed E-state index contributed by atoms with van der Waals surface area (Å²) in [5.41, 5.74) is 0.523. The summed E-state index contributed by atoms with van der Waals surface area (Å²) in [5.74, 6) is 0.465. The highest BCUT2D eigenvalue weighted by Crippen LogP contribution is 2.41. The number of esters is 1. The maximum Gasteiger partial charge on any atom is 0.329 e. The van der Waals surface area contributed by atoms with Gasteiger partial charge in [0.2, 0.25) is 0 Å². The highest BCUT2D eigenvalue weighted by Gasteiger charge is 2.47. The number of hydrogen-bond donors (Lipinski definition) is 2. The first-order valence-corrected chi connectivity index (χ1v) is 9.03. The molecule has 2 atom stereocenters. The van der Waals surface area contributed by atoms with Crippen molar-refractivity contribution in [1.29, 1.82) is 0 Å². The molecular weight excluding hydrogens is 310 g/mol. The van der Waals surface area contributed by atoms with Crippen molar-refractivity contribution in [1.82, 2.24) is 10.2 Å². The third-order valence-electron chi connectivity index (χ3n) is 4.16. The van der Waals surface area contributed by atoms with E-state index >= 15 is 0 Å². The largest absolute Gasteiger partial charge is 0.453 e. The Morgan fingerprint density at radius 3 is 2.87 bits per heavy atom. The predicted octanol–water partition coefficient (Wildman–Crippen LogP) is 3.55. The van der Waals surface area contributed by atoms with E-state index in [1.54, 1.807) is 11.8 Å². The van der Waals surface area contributed by atoms with Gasteiger partial charge in [-0.2, -0.15) is 5.10 Å². The molecule has 2 unspecified atom stereocenters. The van der Waals surface area contributed by atoms with Crippen LogP contribution < -0.4 is 5.32 Å². The Kier molecular flexibility index (Phi) is 4.61. The van der Waals surface area contributed by atoms with E-state index in [9.17, 15) is 4.79 Å². The molecule has 0 radical (unpaired) electrons. The van der Waals surface area contributed by atoms with Crippen LogP contribution in [0.4, 0.5) is 5.82 Å². The molecule has 1 aliphatic heterocycles. The molecule has 1 fully saturated rings. The van der Waals surface area contributed by atoms with Gasteiger partial charge in [-0.15, -0.1) is 11.8 Å². The van der Waals surface area contributed by atoms with E-state index in [-0.39, 0.29) is 12.0 Å². The number of aromatic nitrogens is 2. The predicted molar refractivity (Wildman–Crippen MR) is 91.5 cm³/mol. The van der Waals surface area contributed by atoms with Gasteiger partial charge in [-0.3, -0.25) is 5.10 Å². The molecule has 1 aromatic carbocycles. The minimum atomic E-state index is -0.538. The Morgan fingerprint density at radius 2 is 2.22 bits per heavy atom. The first-order chi connectivity index (χ1) is 11.2. The third-order valence-corrected chi connectivity index (χ3v) is 4.81. The second-order valence-corrected chi connectivity index (χ2v) is 6.60. The molecule has 0 bridgehead atoms. The van der Waals surface area contributed by atoms with Gasteiger partial charge in [0.05, 0.1) is 5.03 Å². The van der Waals surface area contributed by atoms with Gasteiger partial charge in [-0.05, 0) is 18.2 Å². The van der Waals surface area contributed by atoms with Crippen molar-refractivity contribution in [3.8, 4) is 0 Å². The van der Waals surface area contributed by atoms with E-state index in [4.69, 9.17) is 4.74 Å². The van der Waals surface area contributed by atoms with Crippen molar-refractivity contribution < 1.29 is 9.53 Å². The number of benzene rings is 1. The molecule has 0 amide bonds. The average Bonchev–Trinajstić information content (AvgIpc) is 3.14. The van der Waals surface area contributed by atoms with Crippen LogP contribution in [0, 0.1) is 0 Å². The van der Waals surface area contributed by atoms with Crippen LogP contribution >= 0.6 is 11.8 Å². The second-order valence-electron chi connectivity index (χ2n) is 5.75. The van der Waals surface area contributed by atoms with Crippen molar-refractivity contribution >= 4 is 23.5 Å². The zero-order chi connectivity index (χ0) is 16.3. The molecule has 0 aliphatic carbocycles. The molecule has 2 aromatic rings. The van der Waals surface area contributed by atoms with Gasteiger partial charge in [0.25, 0.3) is 0 Å². The Morgan fingerprint density at radius 1 is 1.43 bits per heavy atom. The number of ether oxygens (including phenoxy) is 1. The molecular formula is C17H21N3O2S. The molecule has 1 aliphatic rings. The molecule has 23 heavy (non-hydrogen) atoms. The molecule has 0 saturated carbocycles. The van der Waals surface area contributed by atoms with Crippen LogP contribution in [0.3, 0.4) is 0 Å². The van der Waals surface area contributed by atoms with Crippen molar-refractivity contribution in [2.75, 3.05) is 11.6 Å². The average molecular weight is 331 g/mol. The normalized spacial score (nSPS) is 23.7. The lowest BCUT2D eigenvalue weighted by molar-refractivity contribution is -0.150. The standard InChI is InChI=1S/C17H21N3O2S/c1-3-9-17(12-7-5-4-6-8-12)11-13(16(21)22-17)18-14-10-15(23-2)20-19-14/h4-8,10,13H,3,9,11H2,1-2H3,(H2,18,19,20). The van der Waals surface area contributed by atoms with Crippen LogP contribution in [0.1, 0.15) is 31.7 Å². The van der Waals surface area contributed by atoms with Crippen LogP contribution in [0.2, 0.25) is 0 Å². The van der Waals surface area contributed by atoms with Gasteiger partial charge < -0.3 is 10.1 Å². The summed E-state index contributed by atoms with van der Waals surface area (Å²) in [6, 6.07) is 11.5. The van der Waals surface area contributed by atoms with Gasteiger partial charge in [0.15, 0.2) is 0 Å². The zero-order valence-electron chi connectivity index (χ0n) is 13.3. The van der Waals surface area contributed by atoms with E-state index < -0.39 is 5.60 Å². The number of cyclic esters (lactones) is 1. The van der Waals surface area contributed by atoms with Gasteiger partial charge >= 0.3 is 5.97 Å². The summed E-state index contributed by atoms with van der Waals surface area (Å²) in [6.07, 6.45) is 4.36. The van der Waals surface area contributed by atoms with Crippen LogP contribution in [0.25, 0.3) is 0 Å². The second kappa shape index (κ2) is 6.66. The Bertz CT molecular complexity index is 673. The summed E-state index contributed by atoms with van der Waals surface area (Å²) in [7, 11) is 0. The van der Waals surface area contributed by atoms with Gasteiger partial charge in [-0.1, -0.05) is 43.7 Å². The third kappa shape index (κ3) is 3.22. The van der Waals surface area contributed by atoms with E-state index in [0.29, 0.717) is 12.2 Å². The van der Waals surface area contributed by atoms with Crippen molar-refractivity contribution in [2.24, 2.45) is 0 Å². The monoisotopic (exact) mass is 331 g/mol. The number of rotatable bonds is 6. The fourth-order valence-electron chi connectivity index (χ4n) is 3.11. The molecule has 6 heteroatoms. The Hall–Kier alpha value is -1.95. The SMILES string of the molecule is CCCC1(c2ccccc2)CC(Nc2cc(SC)[nH]n2)C(=O)O1. The topological polar surface area (TPSA) is 67.0 Å². The van der Waals surface area contributed by atoms with E-state index in [2.05, 4.69) is 22.4 Å². The summed E-state index contributed by atoms with van der Waals surface area (Å²) in [4.78, 5) is 12.4. The minimum Gasteiger partial charge on any atom is -0.453 e. The molecule has 2 heterocycles. The first kappa shape index (κ1) is 15.9. The maximum absolute atomic E-state index is 12.4. The number of nitrogens with zero attached hydrogens (tertiary/aromatic N) is 1. The van der Waals surface area contributed by atoms with Gasteiger partial charge in [0.1, 0.15) is 17.5 Å². The number of aromatic amines is 1. The summed E-state index contributed by atoms with van der Waals surface area (Å²) < 4.78 is 5.85. The molecule has 5 nitrogen and oxygen atoms in total. The quantitative estimate of drug-likeness (QED) is 0.626. The molecule has 3 rings (SSSR count). The fourth-order valence-corrected chi connectivity index (χ4v) is 3.48. The highest BCUT2D eigenvalue weighted by molar-refractivity contribution is 7.98. The summed E-state index contributed by atoms with van der Waals surface area (Å²) in [6.45, 7) is 2.11. The van der Waals surface area contributed by atoms with E-state index in [0.717, 1.165) is 23.4 Å². The zero-order valence-corrected chi connectivity index (χ0v) is 14.2. The smallest absolute Gasteiger partial charge is 0.329 e. The molecule has 2 N–H and O–H groups in total. The minimum absolute atomic E-state index is 0.212. The van der Waals surface area contributed by atoms with Crippen LogP contribution in [-0.4, -0.2) is 28.5 Å². The highest BCUT2D eigenvalue weighted by atomic mass is 32.2.